The second-order valence-electron chi connectivity index (χ2n) is 0.248. The van der Waals surface area contributed by atoms with Crippen molar-refractivity contribution in [2.24, 2.45) is 5.73 Å². The van der Waals surface area contributed by atoms with E-state index in [2.05, 4.69) is 5.73 Å². The highest BCUT2D eigenvalue weighted by Crippen LogP contribution is 1.66. The van der Waals surface area contributed by atoms with Crippen molar-refractivity contribution in [2.75, 3.05) is 0 Å². The zero-order valence-corrected chi connectivity index (χ0v) is 3.85. The molecule has 0 aromatic carbocycles. The molecule has 0 fully saturated rings. The van der Waals surface area contributed by atoms with Gasteiger partial charge in [0.15, 0.2) is 0 Å². The second-order valence-corrected chi connectivity index (χ2v) is 0.412. The zero-order chi connectivity index (χ0) is 5.41. The van der Waals surface area contributed by atoms with Gasteiger partial charge in [-0.3, -0.25) is 5.41 Å². The van der Waals surface area contributed by atoms with E-state index in [4.69, 9.17) is 14.9 Å². The molecule has 6 heavy (non-hydrogen) atoms. The van der Waals surface area contributed by atoms with E-state index in [1.54, 1.807) is 0 Å². The molecule has 0 aromatic heterocycles. The minimum Gasteiger partial charge on any atom is -0.390 e. The van der Waals surface area contributed by atoms with Crippen LogP contribution in [-0.4, -0.2) is 11.2 Å². The Morgan fingerprint density at radius 3 is 2.00 bits per heavy atom. The molecule has 0 rings (SSSR count). The van der Waals surface area contributed by atoms with Crippen LogP contribution in [0.5, 0.6) is 0 Å². The molecule has 0 saturated carbocycles. The van der Waals surface area contributed by atoms with Gasteiger partial charge in [0.2, 0.25) is 0 Å². The molecule has 0 heterocycles. The fourth-order valence-electron chi connectivity index (χ4n) is 0. The van der Waals surface area contributed by atoms with Crippen LogP contribution in [-0.2, 0) is 4.57 Å². The average molecular weight is 108 g/mol. The lowest BCUT2D eigenvalue weighted by molar-refractivity contribution is 0.524. The van der Waals surface area contributed by atoms with Crippen molar-refractivity contribution in [1.82, 2.24) is 0 Å². The number of rotatable bonds is 0. The molecule has 0 saturated heterocycles. The van der Waals surface area contributed by atoms with E-state index in [0.29, 0.717) is 0 Å². The minimum absolute atomic E-state index is 0.750. The van der Waals surface area contributed by atoms with E-state index >= 15 is 0 Å². The smallest absolute Gasteiger partial charge is 0.324 e. The van der Waals surface area contributed by atoms with Crippen LogP contribution >= 0.6 is 8.69 Å². The highest BCUT2D eigenvalue weighted by atomic mass is 31.1. The van der Waals surface area contributed by atoms with Crippen molar-refractivity contribution in [3.8, 4) is 0 Å². The predicted molar refractivity (Wildman–Crippen MR) is 22.8 cm³/mol. The molecule has 4 nitrogen and oxygen atoms in total. The highest BCUT2D eigenvalue weighted by Gasteiger charge is 1.28. The Labute approximate surface area is 36.8 Å². The lowest BCUT2D eigenvalue weighted by Gasteiger charge is -1.38. The third-order valence-electron chi connectivity index (χ3n) is 0. The zero-order valence-electron chi connectivity index (χ0n) is 2.96. The predicted octanol–water partition coefficient (Wildman–Crippen LogP) is -0.262. The lowest BCUT2D eigenvalue weighted by Crippen LogP contribution is -1.81. The number of nitrogens with one attached hydrogen (secondary N) is 1. The van der Waals surface area contributed by atoms with Gasteiger partial charge in [0.1, 0.15) is 0 Å². The Kier molecular flexibility index (Phi) is 36.6. The molecule has 0 unspecified atom stereocenters. The Morgan fingerprint density at radius 1 is 2.00 bits per heavy atom. The first kappa shape index (κ1) is 9.11. The van der Waals surface area contributed by atoms with Crippen molar-refractivity contribution >= 4 is 15.0 Å². The highest BCUT2D eigenvalue weighted by molar-refractivity contribution is 7.16. The molecule has 4 N–H and O–H groups in total. The molecule has 0 spiro atoms. The number of nitrogens with two attached hydrogens (primary N) is 1. The number of hydrogen-bond donors (Lipinski definition) is 3. The monoisotopic (exact) mass is 108 g/mol. The largest absolute Gasteiger partial charge is 0.390 e. The average Bonchev–Trinajstić information content (AvgIpc) is 1.39. The van der Waals surface area contributed by atoms with E-state index in [1.807, 2.05) is 0 Å². The van der Waals surface area contributed by atoms with Gasteiger partial charge in [-0.05, 0) is 0 Å². The Hall–Kier alpha value is -0.470. The van der Waals surface area contributed by atoms with E-state index in [0.717, 1.165) is 6.34 Å². The fourth-order valence-corrected chi connectivity index (χ4v) is 0. The first-order chi connectivity index (χ1) is 2.83. The van der Waals surface area contributed by atoms with Crippen molar-refractivity contribution in [3.05, 3.63) is 0 Å². The summed E-state index contributed by atoms with van der Waals surface area (Å²) >= 11 is 0. The summed E-state index contributed by atoms with van der Waals surface area (Å²) in [6.07, 6.45) is 0.750. The Balaban J connectivity index is 0. The molecule has 0 atom stereocenters. The maximum Gasteiger partial charge on any atom is 0.324 e. The molecule has 0 aliphatic rings. The van der Waals surface area contributed by atoms with Gasteiger partial charge in [-0.25, -0.2) is 4.57 Å². The van der Waals surface area contributed by atoms with Crippen molar-refractivity contribution in [3.63, 3.8) is 0 Å². The summed E-state index contributed by atoms with van der Waals surface area (Å²) in [7, 11) is -0.833. The summed E-state index contributed by atoms with van der Waals surface area (Å²) in [5.41, 5.74) is 4.39. The van der Waals surface area contributed by atoms with Crippen LogP contribution in [0, 0.1) is 5.41 Å². The van der Waals surface area contributed by atoms with E-state index in [-0.39, 0.29) is 0 Å². The van der Waals surface area contributed by atoms with Crippen LogP contribution < -0.4 is 5.73 Å². The van der Waals surface area contributed by atoms with Crippen LogP contribution in [0.4, 0.5) is 0 Å². The summed E-state index contributed by atoms with van der Waals surface area (Å²) in [5, 5.41) is 5.86. The molecular formula is CH5N2O2P. The fraction of sp³-hybridized carbons (Fsp3) is 0. The van der Waals surface area contributed by atoms with E-state index in [9.17, 15) is 0 Å². The van der Waals surface area contributed by atoms with Crippen LogP contribution in [0.25, 0.3) is 0 Å². The SMILES string of the molecule is N=CN.O=PO. The van der Waals surface area contributed by atoms with Gasteiger partial charge in [0, 0.05) is 0 Å². The quantitative estimate of drug-likeness (QED) is 0.227. The van der Waals surface area contributed by atoms with Gasteiger partial charge in [0.25, 0.3) is 0 Å². The number of hydrogen-bond acceptors (Lipinski definition) is 2. The van der Waals surface area contributed by atoms with Crippen LogP contribution in [0.2, 0.25) is 0 Å². The topological polar surface area (TPSA) is 87.2 Å². The third-order valence-corrected chi connectivity index (χ3v) is 0. The van der Waals surface area contributed by atoms with E-state index in [1.165, 1.54) is 0 Å². The molecule has 5 heteroatoms. The molecule has 0 aromatic rings. The van der Waals surface area contributed by atoms with Gasteiger partial charge >= 0.3 is 8.69 Å². The molecular weight excluding hydrogens is 103 g/mol. The maximum atomic E-state index is 8.46. The van der Waals surface area contributed by atoms with Crippen molar-refractivity contribution in [2.45, 2.75) is 0 Å². The van der Waals surface area contributed by atoms with Crippen molar-refractivity contribution < 1.29 is 9.46 Å². The van der Waals surface area contributed by atoms with Crippen molar-refractivity contribution in [1.29, 1.82) is 5.41 Å². The van der Waals surface area contributed by atoms with Gasteiger partial charge < -0.3 is 10.6 Å². The molecule has 0 bridgehead atoms. The molecule has 0 amide bonds. The van der Waals surface area contributed by atoms with Crippen LogP contribution in [0.1, 0.15) is 0 Å². The Bertz CT molecular complexity index is 32.5. The first-order valence-electron chi connectivity index (χ1n) is 1.00. The van der Waals surface area contributed by atoms with Gasteiger partial charge in [-0.15, -0.1) is 0 Å². The third kappa shape index (κ3) is 102. The van der Waals surface area contributed by atoms with Crippen LogP contribution in [0.15, 0.2) is 0 Å². The normalized spacial score (nSPS) is 5.50. The summed E-state index contributed by atoms with van der Waals surface area (Å²) in [6.45, 7) is 0. The minimum atomic E-state index is -0.833. The summed E-state index contributed by atoms with van der Waals surface area (Å²) in [5.74, 6) is 0. The summed E-state index contributed by atoms with van der Waals surface area (Å²) in [6, 6.07) is 0. The first-order valence-corrected chi connectivity index (χ1v) is 1.77. The summed E-state index contributed by atoms with van der Waals surface area (Å²) in [4.78, 5) is 6.99. The van der Waals surface area contributed by atoms with Gasteiger partial charge in [0.05, 0.1) is 6.34 Å². The lowest BCUT2D eigenvalue weighted by atomic mass is 11.4. The van der Waals surface area contributed by atoms with E-state index < -0.39 is 8.69 Å². The molecule has 0 aliphatic heterocycles. The molecule has 36 valence electrons. The van der Waals surface area contributed by atoms with Gasteiger partial charge in [-0.2, -0.15) is 0 Å². The summed E-state index contributed by atoms with van der Waals surface area (Å²) < 4.78 is 8.46. The maximum absolute atomic E-state index is 8.46. The standard InChI is InChI=1S/CH4N2.HO2P/c2-1-3;1-3-2/h1H,(H3,2,3);(H,1,2). The molecule has 0 radical (unpaired) electrons. The Morgan fingerprint density at radius 2 is 2.00 bits per heavy atom. The second kappa shape index (κ2) is 24.1. The van der Waals surface area contributed by atoms with Crippen LogP contribution in [0.3, 0.4) is 0 Å². The molecule has 0 aliphatic carbocycles. The van der Waals surface area contributed by atoms with Gasteiger partial charge in [-0.1, -0.05) is 0 Å².